The molecule has 0 saturated heterocycles. The number of hydrogen-bond acceptors (Lipinski definition) is 2. The highest BCUT2D eigenvalue weighted by molar-refractivity contribution is 6.45. The van der Waals surface area contributed by atoms with Gasteiger partial charge in [0.05, 0.1) is 7.11 Å². The Balaban J connectivity index is 2.87. The smallest absolute Gasteiger partial charge is 0.304 e. The van der Waals surface area contributed by atoms with Crippen molar-refractivity contribution in [2.45, 2.75) is 0 Å². The molecule has 0 aliphatic heterocycles. The van der Waals surface area contributed by atoms with Crippen LogP contribution in [0.25, 0.3) is 0 Å². The maximum atomic E-state index is 8.70. The lowest BCUT2D eigenvalue weighted by molar-refractivity contribution is 0.415. The summed E-state index contributed by atoms with van der Waals surface area (Å²) < 4.78 is 4.95. The van der Waals surface area contributed by atoms with Crippen LogP contribution in [0.4, 0.5) is 0 Å². The molecular formula is C7H9BO2. The molecule has 0 atom stereocenters. The predicted molar refractivity (Wildman–Crippen MR) is 42.0 cm³/mol. The second-order valence-corrected chi connectivity index (χ2v) is 2.01. The van der Waals surface area contributed by atoms with E-state index in [1.54, 1.807) is 13.2 Å². The average Bonchev–Trinajstić information content (AvgIpc) is 2.05. The van der Waals surface area contributed by atoms with Crippen LogP contribution in [0.1, 0.15) is 0 Å². The van der Waals surface area contributed by atoms with Gasteiger partial charge in [0.25, 0.3) is 0 Å². The maximum Gasteiger partial charge on any atom is 0.304 e. The Hall–Kier alpha value is -0.955. The van der Waals surface area contributed by atoms with Gasteiger partial charge in [-0.1, -0.05) is 12.1 Å². The van der Waals surface area contributed by atoms with Crippen molar-refractivity contribution in [1.82, 2.24) is 0 Å². The summed E-state index contributed by atoms with van der Waals surface area (Å²) in [7, 11) is 1.67. The van der Waals surface area contributed by atoms with Gasteiger partial charge in [-0.25, -0.2) is 0 Å². The molecule has 0 aliphatic carbocycles. The van der Waals surface area contributed by atoms with E-state index in [2.05, 4.69) is 0 Å². The highest BCUT2D eigenvalue weighted by Crippen LogP contribution is 2.04. The van der Waals surface area contributed by atoms with Crippen molar-refractivity contribution in [3.63, 3.8) is 0 Å². The lowest BCUT2D eigenvalue weighted by Crippen LogP contribution is -2.12. The Morgan fingerprint density at radius 3 is 2.90 bits per heavy atom. The maximum absolute atomic E-state index is 8.70. The Morgan fingerprint density at radius 2 is 2.30 bits per heavy atom. The van der Waals surface area contributed by atoms with Crippen LogP contribution in [0.2, 0.25) is 0 Å². The lowest BCUT2D eigenvalue weighted by atomic mass is 9.89. The van der Waals surface area contributed by atoms with Gasteiger partial charge in [-0.3, -0.25) is 0 Å². The largest absolute Gasteiger partial charge is 0.497 e. The molecule has 3 heteroatoms. The monoisotopic (exact) mass is 136 g/mol. The average molecular weight is 136 g/mol. The molecule has 0 unspecified atom stereocenters. The van der Waals surface area contributed by atoms with Crippen molar-refractivity contribution in [3.05, 3.63) is 24.3 Å². The summed E-state index contributed by atoms with van der Waals surface area (Å²) in [6.45, 7) is 0. The van der Waals surface area contributed by atoms with E-state index in [1.807, 2.05) is 18.2 Å². The van der Waals surface area contributed by atoms with Gasteiger partial charge in [0.15, 0.2) is 0 Å². The zero-order valence-electron chi connectivity index (χ0n) is 5.87. The number of benzene rings is 1. The molecule has 0 aliphatic rings. The van der Waals surface area contributed by atoms with Gasteiger partial charge >= 0.3 is 7.48 Å². The summed E-state index contributed by atoms with van der Waals surface area (Å²) in [5.41, 5.74) is 0.874. The van der Waals surface area contributed by atoms with Gasteiger partial charge in [0.2, 0.25) is 0 Å². The molecule has 0 heterocycles. The first kappa shape index (κ1) is 7.16. The first-order chi connectivity index (χ1) is 4.86. The Morgan fingerprint density at radius 1 is 1.50 bits per heavy atom. The van der Waals surface area contributed by atoms with Crippen LogP contribution < -0.4 is 10.2 Å². The Kier molecular flexibility index (Phi) is 2.34. The molecule has 0 amide bonds. The minimum absolute atomic E-state index is 0.0667. The molecule has 0 aromatic heterocycles. The number of ether oxygens (including phenoxy) is 1. The first-order valence-corrected chi connectivity index (χ1v) is 3.10. The van der Waals surface area contributed by atoms with Gasteiger partial charge in [-0.2, -0.15) is 0 Å². The van der Waals surface area contributed by atoms with E-state index in [0.717, 1.165) is 11.2 Å². The minimum Gasteiger partial charge on any atom is -0.497 e. The van der Waals surface area contributed by atoms with E-state index >= 15 is 0 Å². The van der Waals surface area contributed by atoms with Gasteiger partial charge in [0.1, 0.15) is 5.75 Å². The highest BCUT2D eigenvalue weighted by Gasteiger charge is 1.93. The fraction of sp³-hybridized carbons (Fsp3) is 0.143. The Bertz CT molecular complexity index is 193. The van der Waals surface area contributed by atoms with Crippen molar-refractivity contribution in [1.29, 1.82) is 0 Å². The first-order valence-electron chi connectivity index (χ1n) is 3.10. The Labute approximate surface area is 60.7 Å². The fourth-order valence-electron chi connectivity index (χ4n) is 0.771. The minimum atomic E-state index is 0.0667. The molecule has 0 radical (unpaired) electrons. The second kappa shape index (κ2) is 3.27. The number of rotatable bonds is 2. The topological polar surface area (TPSA) is 29.5 Å². The van der Waals surface area contributed by atoms with E-state index in [9.17, 15) is 0 Å². The molecule has 1 aromatic carbocycles. The SMILES string of the molecule is COc1cccc(BO)c1. The van der Waals surface area contributed by atoms with E-state index in [-0.39, 0.29) is 7.48 Å². The summed E-state index contributed by atoms with van der Waals surface area (Å²) >= 11 is 0. The molecule has 0 spiro atoms. The predicted octanol–water partition coefficient (Wildman–Crippen LogP) is -0.336. The van der Waals surface area contributed by atoms with Crippen LogP contribution in [0.3, 0.4) is 0 Å². The van der Waals surface area contributed by atoms with Crippen molar-refractivity contribution >= 4 is 12.9 Å². The summed E-state index contributed by atoms with van der Waals surface area (Å²) in [6, 6.07) is 7.35. The summed E-state index contributed by atoms with van der Waals surface area (Å²) in [5.74, 6) is 0.784. The van der Waals surface area contributed by atoms with E-state index in [4.69, 9.17) is 9.76 Å². The second-order valence-electron chi connectivity index (χ2n) is 2.01. The lowest BCUT2D eigenvalue weighted by Gasteiger charge is -1.99. The molecule has 1 N–H and O–H groups in total. The molecule has 0 fully saturated rings. The zero-order valence-corrected chi connectivity index (χ0v) is 5.87. The van der Waals surface area contributed by atoms with Crippen molar-refractivity contribution in [3.8, 4) is 5.75 Å². The van der Waals surface area contributed by atoms with Crippen LogP contribution in [-0.4, -0.2) is 19.6 Å². The summed E-state index contributed by atoms with van der Waals surface area (Å²) in [4.78, 5) is 0. The van der Waals surface area contributed by atoms with E-state index < -0.39 is 0 Å². The quantitative estimate of drug-likeness (QED) is 0.563. The van der Waals surface area contributed by atoms with Gasteiger partial charge in [-0.05, 0) is 17.6 Å². The molecule has 2 nitrogen and oxygen atoms in total. The van der Waals surface area contributed by atoms with Crippen molar-refractivity contribution in [2.75, 3.05) is 7.11 Å². The van der Waals surface area contributed by atoms with Crippen molar-refractivity contribution < 1.29 is 9.76 Å². The van der Waals surface area contributed by atoms with Crippen molar-refractivity contribution in [2.24, 2.45) is 0 Å². The number of hydrogen-bond donors (Lipinski definition) is 1. The molecule has 0 saturated carbocycles. The third-order valence-corrected chi connectivity index (χ3v) is 1.32. The molecule has 10 heavy (non-hydrogen) atoms. The standard InChI is InChI=1S/C7H9BO2/c1-10-7-4-2-3-6(5-7)8-9/h2-5,8-9H,1H3. The molecular weight excluding hydrogens is 127 g/mol. The molecule has 52 valence electrons. The van der Waals surface area contributed by atoms with Gasteiger partial charge in [-0.15, -0.1) is 0 Å². The molecule has 1 rings (SSSR count). The van der Waals surface area contributed by atoms with Crippen LogP contribution in [-0.2, 0) is 0 Å². The van der Waals surface area contributed by atoms with Crippen LogP contribution in [0.5, 0.6) is 5.75 Å². The van der Waals surface area contributed by atoms with Gasteiger partial charge in [0, 0.05) is 0 Å². The van der Waals surface area contributed by atoms with Crippen LogP contribution >= 0.6 is 0 Å². The van der Waals surface area contributed by atoms with Crippen LogP contribution in [0.15, 0.2) is 24.3 Å². The van der Waals surface area contributed by atoms with Crippen LogP contribution in [0, 0.1) is 0 Å². The summed E-state index contributed by atoms with van der Waals surface area (Å²) in [5, 5.41) is 8.70. The van der Waals surface area contributed by atoms with E-state index in [0.29, 0.717) is 0 Å². The zero-order chi connectivity index (χ0) is 7.40. The molecule has 1 aromatic rings. The third-order valence-electron chi connectivity index (χ3n) is 1.32. The highest BCUT2D eigenvalue weighted by atomic mass is 16.5. The normalized spacial score (nSPS) is 9.00. The molecule has 0 bridgehead atoms. The fourth-order valence-corrected chi connectivity index (χ4v) is 0.771. The van der Waals surface area contributed by atoms with E-state index in [1.165, 1.54) is 0 Å². The third kappa shape index (κ3) is 1.51. The summed E-state index contributed by atoms with van der Waals surface area (Å²) in [6.07, 6.45) is 0. The van der Waals surface area contributed by atoms with Gasteiger partial charge < -0.3 is 9.76 Å². The number of methoxy groups -OCH3 is 1.